The first-order chi connectivity index (χ1) is 10.6. The molecule has 0 spiro atoms. The van der Waals surface area contributed by atoms with Gasteiger partial charge in [-0.1, -0.05) is 11.6 Å². The standard InChI is InChI=1S/C14H9ClN4O2S/c15-12-11(2-1-7-17-12)19-14(21)13(20)18-9-3-5-10(6-4-9)22-8-16/h1-7H,(H,18,20)(H,19,21). The summed E-state index contributed by atoms with van der Waals surface area (Å²) in [6, 6.07) is 9.65. The Hall–Kier alpha value is -2.56. The molecule has 0 fully saturated rings. The molecule has 2 amide bonds. The number of nitriles is 1. The van der Waals surface area contributed by atoms with Gasteiger partial charge in [-0.3, -0.25) is 9.59 Å². The predicted octanol–water partition coefficient (Wildman–Crippen LogP) is 2.89. The molecule has 8 heteroatoms. The number of aromatic nitrogens is 1. The van der Waals surface area contributed by atoms with E-state index in [9.17, 15) is 9.59 Å². The molecule has 0 radical (unpaired) electrons. The minimum absolute atomic E-state index is 0.0986. The predicted molar refractivity (Wildman–Crippen MR) is 84.4 cm³/mol. The molecule has 0 atom stereocenters. The van der Waals surface area contributed by atoms with Crippen LogP contribution >= 0.6 is 23.4 Å². The monoisotopic (exact) mass is 332 g/mol. The van der Waals surface area contributed by atoms with Crippen LogP contribution in [0.5, 0.6) is 0 Å². The number of carbonyl (C=O) groups is 2. The Bertz CT molecular complexity index is 743. The van der Waals surface area contributed by atoms with E-state index in [2.05, 4.69) is 15.6 Å². The lowest BCUT2D eigenvalue weighted by molar-refractivity contribution is -0.133. The van der Waals surface area contributed by atoms with Gasteiger partial charge in [-0.15, -0.1) is 0 Å². The van der Waals surface area contributed by atoms with Gasteiger partial charge in [0.2, 0.25) is 0 Å². The van der Waals surface area contributed by atoms with Crippen molar-refractivity contribution >= 4 is 46.6 Å². The van der Waals surface area contributed by atoms with Gasteiger partial charge >= 0.3 is 11.8 Å². The summed E-state index contributed by atoms with van der Waals surface area (Å²) < 4.78 is 0. The molecule has 2 N–H and O–H groups in total. The van der Waals surface area contributed by atoms with Crippen LogP contribution in [0.15, 0.2) is 47.5 Å². The number of nitrogens with zero attached hydrogens (tertiary/aromatic N) is 2. The highest BCUT2D eigenvalue weighted by atomic mass is 35.5. The van der Waals surface area contributed by atoms with Gasteiger partial charge in [-0.2, -0.15) is 5.26 Å². The molecule has 6 nitrogen and oxygen atoms in total. The second-order valence-electron chi connectivity index (χ2n) is 3.97. The largest absolute Gasteiger partial charge is 0.318 e. The van der Waals surface area contributed by atoms with Crippen LogP contribution in [0.4, 0.5) is 11.4 Å². The van der Waals surface area contributed by atoms with Gasteiger partial charge in [-0.05, 0) is 48.2 Å². The average molecular weight is 333 g/mol. The number of anilines is 2. The zero-order valence-corrected chi connectivity index (χ0v) is 12.6. The lowest BCUT2D eigenvalue weighted by Crippen LogP contribution is -2.29. The molecule has 0 unspecified atom stereocenters. The van der Waals surface area contributed by atoms with E-state index in [0.717, 1.165) is 16.7 Å². The molecule has 0 saturated heterocycles. The summed E-state index contributed by atoms with van der Waals surface area (Å²) in [5.41, 5.74) is 0.699. The maximum atomic E-state index is 11.8. The number of rotatable bonds is 3. The van der Waals surface area contributed by atoms with Gasteiger partial charge < -0.3 is 10.6 Å². The minimum atomic E-state index is -0.856. The highest BCUT2D eigenvalue weighted by molar-refractivity contribution is 8.03. The van der Waals surface area contributed by atoms with E-state index >= 15 is 0 Å². The van der Waals surface area contributed by atoms with Crippen molar-refractivity contribution in [3.05, 3.63) is 47.7 Å². The lowest BCUT2D eigenvalue weighted by atomic mass is 10.3. The molecule has 1 heterocycles. The van der Waals surface area contributed by atoms with Crippen molar-refractivity contribution in [1.82, 2.24) is 4.98 Å². The van der Waals surface area contributed by atoms with Crippen LogP contribution in [0.1, 0.15) is 0 Å². The molecule has 2 aromatic rings. The fourth-order valence-electron chi connectivity index (χ4n) is 1.51. The molecule has 0 aliphatic rings. The summed E-state index contributed by atoms with van der Waals surface area (Å²) in [5.74, 6) is -1.69. The van der Waals surface area contributed by atoms with E-state index in [1.54, 1.807) is 30.3 Å². The molecule has 0 saturated carbocycles. The van der Waals surface area contributed by atoms with Crippen molar-refractivity contribution in [3.8, 4) is 5.40 Å². The number of amides is 2. The second-order valence-corrected chi connectivity index (χ2v) is 5.18. The van der Waals surface area contributed by atoms with Crippen LogP contribution in [-0.4, -0.2) is 16.8 Å². The molecule has 110 valence electrons. The topological polar surface area (TPSA) is 94.9 Å². The number of hydrogen-bond acceptors (Lipinski definition) is 5. The summed E-state index contributed by atoms with van der Waals surface area (Å²) in [7, 11) is 0. The number of benzene rings is 1. The molecule has 22 heavy (non-hydrogen) atoms. The molecular formula is C14H9ClN4O2S. The van der Waals surface area contributed by atoms with Crippen LogP contribution in [-0.2, 0) is 9.59 Å². The highest BCUT2D eigenvalue weighted by Gasteiger charge is 2.15. The normalized spacial score (nSPS) is 9.64. The summed E-state index contributed by atoms with van der Waals surface area (Å²) in [4.78, 5) is 28.1. The van der Waals surface area contributed by atoms with E-state index in [1.165, 1.54) is 12.3 Å². The van der Waals surface area contributed by atoms with Gasteiger partial charge in [0, 0.05) is 16.8 Å². The zero-order valence-electron chi connectivity index (χ0n) is 11.0. The van der Waals surface area contributed by atoms with Crippen LogP contribution in [0.3, 0.4) is 0 Å². The smallest absolute Gasteiger partial charge is 0.314 e. The third kappa shape index (κ3) is 4.22. The Morgan fingerprint density at radius 2 is 1.82 bits per heavy atom. The van der Waals surface area contributed by atoms with Crippen LogP contribution in [0.25, 0.3) is 0 Å². The van der Waals surface area contributed by atoms with Crippen LogP contribution in [0, 0.1) is 10.7 Å². The second kappa shape index (κ2) is 7.45. The number of nitrogens with one attached hydrogen (secondary N) is 2. The van der Waals surface area contributed by atoms with Crippen LogP contribution < -0.4 is 10.6 Å². The first-order valence-electron chi connectivity index (χ1n) is 5.99. The third-order valence-corrected chi connectivity index (χ3v) is 3.39. The number of hydrogen-bond donors (Lipinski definition) is 2. The number of thiocyanates is 1. The Labute approximate surface area is 135 Å². The Morgan fingerprint density at radius 3 is 2.45 bits per heavy atom. The molecule has 1 aromatic carbocycles. The number of thioether (sulfide) groups is 1. The van der Waals surface area contributed by atoms with Crippen molar-refractivity contribution in [3.63, 3.8) is 0 Å². The van der Waals surface area contributed by atoms with Crippen molar-refractivity contribution < 1.29 is 9.59 Å². The minimum Gasteiger partial charge on any atom is -0.318 e. The first kappa shape index (κ1) is 15.8. The molecule has 0 aliphatic carbocycles. The lowest BCUT2D eigenvalue weighted by Gasteiger charge is -2.07. The molecule has 0 aliphatic heterocycles. The number of carbonyl (C=O) groups excluding carboxylic acids is 2. The van der Waals surface area contributed by atoms with E-state index in [0.29, 0.717) is 5.69 Å². The molecule has 1 aromatic heterocycles. The van der Waals surface area contributed by atoms with Crippen molar-refractivity contribution in [1.29, 1.82) is 5.26 Å². The molecule has 0 bridgehead atoms. The van der Waals surface area contributed by atoms with E-state index in [-0.39, 0.29) is 10.8 Å². The van der Waals surface area contributed by atoms with Gasteiger partial charge in [0.15, 0.2) is 5.15 Å². The summed E-state index contributed by atoms with van der Waals surface area (Å²) in [6.45, 7) is 0. The van der Waals surface area contributed by atoms with Gasteiger partial charge in [0.1, 0.15) is 5.40 Å². The molecular weight excluding hydrogens is 324 g/mol. The maximum absolute atomic E-state index is 11.8. The Kier molecular flexibility index (Phi) is 5.36. The van der Waals surface area contributed by atoms with Gasteiger partial charge in [0.05, 0.1) is 5.69 Å². The van der Waals surface area contributed by atoms with E-state index in [1.807, 2.05) is 5.40 Å². The van der Waals surface area contributed by atoms with Gasteiger partial charge in [0.25, 0.3) is 0 Å². The van der Waals surface area contributed by atoms with Gasteiger partial charge in [-0.25, -0.2) is 4.98 Å². The summed E-state index contributed by atoms with van der Waals surface area (Å²) in [5, 5.41) is 15.4. The number of pyridine rings is 1. The van der Waals surface area contributed by atoms with E-state index < -0.39 is 11.8 Å². The zero-order chi connectivity index (χ0) is 15.9. The summed E-state index contributed by atoms with van der Waals surface area (Å²) >= 11 is 6.80. The Balaban J connectivity index is 1.98. The highest BCUT2D eigenvalue weighted by Crippen LogP contribution is 2.19. The van der Waals surface area contributed by atoms with Crippen molar-refractivity contribution in [2.45, 2.75) is 4.90 Å². The fourth-order valence-corrected chi connectivity index (χ4v) is 2.05. The fraction of sp³-hybridized carbons (Fsp3) is 0. The van der Waals surface area contributed by atoms with Crippen LogP contribution in [0.2, 0.25) is 5.15 Å². The quantitative estimate of drug-likeness (QED) is 0.390. The van der Waals surface area contributed by atoms with Crippen molar-refractivity contribution in [2.75, 3.05) is 10.6 Å². The first-order valence-corrected chi connectivity index (χ1v) is 7.18. The number of halogens is 1. The summed E-state index contributed by atoms with van der Waals surface area (Å²) in [6.07, 6.45) is 1.47. The average Bonchev–Trinajstić information content (AvgIpc) is 2.51. The van der Waals surface area contributed by atoms with Crippen molar-refractivity contribution in [2.24, 2.45) is 0 Å². The Morgan fingerprint density at radius 1 is 1.14 bits per heavy atom. The third-order valence-electron chi connectivity index (χ3n) is 2.49. The van der Waals surface area contributed by atoms with E-state index in [4.69, 9.17) is 16.9 Å². The maximum Gasteiger partial charge on any atom is 0.314 e. The SMILES string of the molecule is N#CSc1ccc(NC(=O)C(=O)Nc2cccnc2Cl)cc1. The molecule has 2 rings (SSSR count).